The molecule has 2 atom stereocenters. The fourth-order valence-electron chi connectivity index (χ4n) is 6.29. The van der Waals surface area contributed by atoms with Gasteiger partial charge >= 0.3 is 6.18 Å². The van der Waals surface area contributed by atoms with Gasteiger partial charge in [0.05, 0.1) is 35.8 Å². The number of nitrogens with one attached hydrogen (secondary N) is 1. The molecule has 6 rings (SSSR count). The van der Waals surface area contributed by atoms with E-state index in [4.69, 9.17) is 15.6 Å². The number of ether oxygens (including phenoxy) is 1. The zero-order chi connectivity index (χ0) is 40.3. The van der Waals surface area contributed by atoms with Gasteiger partial charge in [-0.1, -0.05) is 48.5 Å². The second-order valence-corrected chi connectivity index (χ2v) is 13.6. The van der Waals surface area contributed by atoms with Gasteiger partial charge < -0.3 is 20.9 Å². The summed E-state index contributed by atoms with van der Waals surface area (Å²) in [6.07, 6.45) is 11.9. The number of piperazine rings is 1. The van der Waals surface area contributed by atoms with Crippen LogP contribution in [-0.2, 0) is 28.0 Å². The number of primary amides is 1. The topological polar surface area (TPSA) is 139 Å². The summed E-state index contributed by atoms with van der Waals surface area (Å²) < 4.78 is 40.3. The molecule has 55 heavy (non-hydrogen) atoms. The van der Waals surface area contributed by atoms with Crippen molar-refractivity contribution < 1.29 is 32.6 Å². The molecule has 11 nitrogen and oxygen atoms in total. The Morgan fingerprint density at radius 2 is 1.71 bits per heavy atom. The number of rotatable bonds is 12. The van der Waals surface area contributed by atoms with Gasteiger partial charge in [0.25, 0.3) is 0 Å². The Kier molecular flexibility index (Phi) is 17.8. The molecule has 0 aliphatic carbocycles. The molecule has 1 saturated heterocycles. The van der Waals surface area contributed by atoms with Gasteiger partial charge in [0.1, 0.15) is 12.3 Å². The first kappa shape index (κ1) is 44.2. The minimum Gasteiger partial charge on any atom is -0.493 e. The van der Waals surface area contributed by atoms with Crippen LogP contribution < -0.4 is 15.8 Å². The van der Waals surface area contributed by atoms with Gasteiger partial charge in [-0.15, -0.1) is 12.8 Å². The van der Waals surface area contributed by atoms with Crippen molar-refractivity contribution in [1.82, 2.24) is 29.9 Å². The molecule has 2 aromatic heterocycles. The van der Waals surface area contributed by atoms with Crippen molar-refractivity contribution in [2.45, 2.75) is 57.3 Å². The second-order valence-electron chi connectivity index (χ2n) is 13.6. The number of aromatic nitrogens is 3. The molecule has 2 aliphatic rings. The number of hydrogen-bond acceptors (Lipinski definition) is 8. The number of halogens is 3. The highest BCUT2D eigenvalue weighted by atomic mass is 19.4. The van der Waals surface area contributed by atoms with Crippen LogP contribution in [0.2, 0.25) is 0 Å². The van der Waals surface area contributed by atoms with Crippen LogP contribution in [0, 0.1) is 18.8 Å². The number of alkyl halides is 3. The lowest BCUT2D eigenvalue weighted by molar-refractivity contribution is -0.132. The van der Waals surface area contributed by atoms with Gasteiger partial charge in [0, 0.05) is 51.0 Å². The normalized spacial score (nSPS) is 15.4. The lowest BCUT2D eigenvalue weighted by Crippen LogP contribution is -2.54. The Morgan fingerprint density at radius 1 is 1.02 bits per heavy atom. The molecule has 2 aliphatic heterocycles. The third kappa shape index (κ3) is 14.8. The molecule has 14 heteroatoms. The van der Waals surface area contributed by atoms with Gasteiger partial charge in [-0.2, -0.15) is 18.3 Å². The standard InChI is InChI=1S/C27H36N6O2.C9H10O.C3H4F3NO.C2H2/c1-27(2,25-10-12-33(30-25)23-9-6-11-29-19-23)32-15-13-31(14-16-32)20-24(34)18-22(26(28)35)17-21-7-4-3-5-8-21;1-2-6-9-8(4-1)5-3-7-10-9;4-3(5,6)1-7-2-8;1-2/h3-12,19,22,24,34H,13-18,20H2,1-2H3,(H2,28,35);1-2,4,6H,3,5,7H2;2H,1H2,(H,7,8);1-2H. The number of fused-ring (bicyclic) bond motifs is 1. The van der Waals surface area contributed by atoms with E-state index >= 15 is 0 Å². The molecular weight excluding hydrogens is 711 g/mol. The minimum absolute atomic E-state index is 0.00743. The third-order valence-corrected chi connectivity index (χ3v) is 9.25. The number of nitrogens with two attached hydrogens (primary N) is 1. The summed E-state index contributed by atoms with van der Waals surface area (Å²) in [4.78, 5) is 30.1. The van der Waals surface area contributed by atoms with Gasteiger partial charge in [-0.3, -0.25) is 24.4 Å². The molecular formula is C41H52F3N7O4. The van der Waals surface area contributed by atoms with Crippen LogP contribution in [0.4, 0.5) is 13.2 Å². The van der Waals surface area contributed by atoms with E-state index in [0.717, 1.165) is 61.9 Å². The Balaban J connectivity index is 0.000000329. The van der Waals surface area contributed by atoms with E-state index in [0.29, 0.717) is 19.4 Å². The number of aliphatic hydroxyl groups is 1. The molecule has 296 valence electrons. The Bertz CT molecular complexity index is 1700. The van der Waals surface area contributed by atoms with Crippen LogP contribution in [0.3, 0.4) is 0 Å². The van der Waals surface area contributed by atoms with Crippen LogP contribution in [0.1, 0.15) is 43.5 Å². The molecule has 4 N–H and O–H groups in total. The number of nitrogens with zero attached hydrogens (tertiary/aromatic N) is 5. The van der Waals surface area contributed by atoms with Crippen LogP contribution in [0.5, 0.6) is 5.75 Å². The quantitative estimate of drug-likeness (QED) is 0.139. The molecule has 2 unspecified atom stereocenters. The first-order chi connectivity index (χ1) is 26.4. The van der Waals surface area contributed by atoms with Crippen LogP contribution in [0.15, 0.2) is 91.4 Å². The maximum atomic E-state index is 12.0. The molecule has 0 saturated carbocycles. The number of carbonyl (C=O) groups excluding carboxylic acids is 2. The van der Waals surface area contributed by atoms with Crippen LogP contribution in [0.25, 0.3) is 5.69 Å². The Morgan fingerprint density at radius 3 is 2.31 bits per heavy atom. The number of hydrogen-bond donors (Lipinski definition) is 3. The number of benzene rings is 2. The summed E-state index contributed by atoms with van der Waals surface area (Å²) in [6, 6.07) is 24.0. The molecule has 0 bridgehead atoms. The number of carbonyl (C=O) groups is 2. The number of para-hydroxylation sites is 1. The monoisotopic (exact) mass is 763 g/mol. The maximum Gasteiger partial charge on any atom is 0.405 e. The number of aryl methyl sites for hydroxylation is 1. The van der Waals surface area contributed by atoms with Crippen LogP contribution in [-0.4, -0.2) is 100 Å². The van der Waals surface area contributed by atoms with Gasteiger partial charge in [-0.25, -0.2) is 4.68 Å². The smallest absolute Gasteiger partial charge is 0.405 e. The van der Waals surface area contributed by atoms with Crippen LogP contribution >= 0.6 is 0 Å². The molecule has 4 aromatic rings. The van der Waals surface area contributed by atoms with Crippen molar-refractivity contribution in [2.24, 2.45) is 11.7 Å². The van der Waals surface area contributed by atoms with E-state index in [9.17, 15) is 27.9 Å². The van der Waals surface area contributed by atoms with Crippen molar-refractivity contribution in [2.75, 3.05) is 45.9 Å². The fourth-order valence-corrected chi connectivity index (χ4v) is 6.29. The fraction of sp³-hybridized carbons (Fsp3) is 0.415. The Hall–Kier alpha value is -5.23. The second kappa shape index (κ2) is 22.2. The maximum absolute atomic E-state index is 12.0. The molecule has 2 amide bonds. The summed E-state index contributed by atoms with van der Waals surface area (Å²) in [5.41, 5.74) is 9.80. The number of pyridine rings is 1. The van der Waals surface area contributed by atoms with Gasteiger partial charge in [0.15, 0.2) is 0 Å². The predicted octanol–water partition coefficient (Wildman–Crippen LogP) is 4.77. The van der Waals surface area contributed by atoms with E-state index in [1.807, 2.05) is 65.5 Å². The van der Waals surface area contributed by atoms with Gasteiger partial charge in [-0.05, 0) is 74.9 Å². The summed E-state index contributed by atoms with van der Waals surface area (Å²) in [7, 11) is 0. The molecule has 0 radical (unpaired) electrons. The number of β-amino-alcohol motifs (C(OH)–C–C–N with tert-alkyl or cyclic N) is 1. The summed E-state index contributed by atoms with van der Waals surface area (Å²) >= 11 is 0. The average Bonchev–Trinajstić information content (AvgIpc) is 3.71. The first-order valence-electron chi connectivity index (χ1n) is 18.1. The van der Waals surface area contributed by atoms with E-state index in [2.05, 4.69) is 59.7 Å². The van der Waals surface area contributed by atoms with E-state index in [1.165, 1.54) is 17.3 Å². The van der Waals surface area contributed by atoms with E-state index < -0.39 is 18.8 Å². The van der Waals surface area contributed by atoms with E-state index in [1.54, 1.807) is 12.4 Å². The first-order valence-corrected chi connectivity index (χ1v) is 18.1. The highest BCUT2D eigenvalue weighted by molar-refractivity contribution is 5.77. The van der Waals surface area contributed by atoms with Gasteiger partial charge in [0.2, 0.25) is 12.3 Å². The minimum atomic E-state index is -4.29. The van der Waals surface area contributed by atoms with Crippen molar-refractivity contribution in [1.29, 1.82) is 0 Å². The highest BCUT2D eigenvalue weighted by Crippen LogP contribution is 2.28. The lowest BCUT2D eigenvalue weighted by Gasteiger charge is -2.43. The van der Waals surface area contributed by atoms with E-state index in [-0.39, 0.29) is 23.8 Å². The zero-order valence-corrected chi connectivity index (χ0v) is 31.4. The Labute approximate surface area is 321 Å². The van der Waals surface area contributed by atoms with Crippen molar-refractivity contribution in [3.63, 3.8) is 0 Å². The summed E-state index contributed by atoms with van der Waals surface area (Å²) in [5, 5.41) is 17.0. The molecule has 1 fully saturated rings. The molecule has 2 aromatic carbocycles. The predicted molar refractivity (Wildman–Crippen MR) is 206 cm³/mol. The molecule has 4 heterocycles. The summed E-state index contributed by atoms with van der Waals surface area (Å²) in [6.45, 7) is 8.04. The summed E-state index contributed by atoms with van der Waals surface area (Å²) in [5.74, 6) is 0.349. The van der Waals surface area contributed by atoms with Crippen molar-refractivity contribution in [3.8, 4) is 24.3 Å². The lowest BCUT2D eigenvalue weighted by atomic mass is 9.92. The highest BCUT2D eigenvalue weighted by Gasteiger charge is 2.34. The zero-order valence-electron chi connectivity index (χ0n) is 31.4. The van der Waals surface area contributed by atoms with Crippen molar-refractivity contribution in [3.05, 3.63) is 108 Å². The number of amides is 2. The molecule has 0 spiro atoms. The largest absolute Gasteiger partial charge is 0.493 e. The third-order valence-electron chi connectivity index (χ3n) is 9.25. The number of aliphatic hydroxyl groups excluding tert-OH is 1. The SMILES string of the molecule is C#C.CC(C)(c1ccn(-c2cccnc2)n1)N1CCN(CC(O)CC(Cc2ccccc2)C(N)=O)CC1.O=CNCC(F)(F)F.c1ccc2c(c1)CCCO2. The number of terminal acetylenes is 1. The average molecular weight is 764 g/mol. The van der Waals surface area contributed by atoms with Crippen molar-refractivity contribution >= 4 is 12.3 Å².